The molecule has 0 aliphatic carbocycles. The number of carbonyl (C=O) groups excluding carboxylic acids is 1. The number of hydrogen-bond donors (Lipinski definition) is 2. The largest absolute Gasteiger partial charge is 0.493 e. The normalized spacial score (nSPS) is 11.4. The molecule has 0 aliphatic heterocycles. The fourth-order valence-corrected chi connectivity index (χ4v) is 3.27. The summed E-state index contributed by atoms with van der Waals surface area (Å²) >= 11 is 0. The standard InChI is InChI=1S/C23H30F2N4O5/c1-5-6-11-28-20(26)19(21(31)27-23(28)32)29(13-14(2)3)18(30)10-8-15-7-9-16(34-22(24)25)17(12-15)33-4/h7-10,12,14,22H,5-6,11,13,26H2,1-4H3,(H,27,31,32)/b10-8+. The number of methoxy groups -OCH3 is 1. The Hall–Kier alpha value is -3.63. The number of amides is 1. The number of nitrogen functional groups attached to an aromatic ring is 1. The quantitative estimate of drug-likeness (QED) is 0.477. The van der Waals surface area contributed by atoms with E-state index < -0.39 is 23.8 Å². The molecule has 0 fully saturated rings. The number of hydrogen-bond acceptors (Lipinski definition) is 6. The Morgan fingerprint density at radius 2 is 1.97 bits per heavy atom. The van der Waals surface area contributed by atoms with Crippen molar-refractivity contribution < 1.29 is 23.0 Å². The second kappa shape index (κ2) is 12.0. The van der Waals surface area contributed by atoms with Crippen LogP contribution in [0.4, 0.5) is 20.3 Å². The van der Waals surface area contributed by atoms with Crippen LogP contribution in [-0.4, -0.2) is 35.7 Å². The van der Waals surface area contributed by atoms with Gasteiger partial charge in [-0.15, -0.1) is 0 Å². The van der Waals surface area contributed by atoms with Crippen molar-refractivity contribution in [3.05, 3.63) is 50.7 Å². The molecule has 0 aliphatic rings. The number of rotatable bonds is 11. The van der Waals surface area contributed by atoms with Crippen molar-refractivity contribution in [3.8, 4) is 11.5 Å². The van der Waals surface area contributed by atoms with Gasteiger partial charge in [0.1, 0.15) is 5.82 Å². The van der Waals surface area contributed by atoms with Gasteiger partial charge in [0.15, 0.2) is 17.2 Å². The van der Waals surface area contributed by atoms with Crippen molar-refractivity contribution >= 4 is 23.5 Å². The Balaban J connectivity index is 2.44. The van der Waals surface area contributed by atoms with Crippen molar-refractivity contribution in [3.63, 3.8) is 0 Å². The molecule has 1 amide bonds. The lowest BCUT2D eigenvalue weighted by atomic mass is 10.1. The van der Waals surface area contributed by atoms with Gasteiger partial charge in [-0.05, 0) is 36.1 Å². The maximum absolute atomic E-state index is 13.1. The summed E-state index contributed by atoms with van der Waals surface area (Å²) in [6.07, 6.45) is 4.15. The highest BCUT2D eigenvalue weighted by Gasteiger charge is 2.23. The van der Waals surface area contributed by atoms with Gasteiger partial charge in [-0.1, -0.05) is 33.3 Å². The highest BCUT2D eigenvalue weighted by molar-refractivity contribution is 6.05. The number of nitrogens with one attached hydrogen (secondary N) is 1. The minimum Gasteiger partial charge on any atom is -0.493 e. The molecule has 11 heteroatoms. The highest BCUT2D eigenvalue weighted by Crippen LogP contribution is 2.30. The summed E-state index contributed by atoms with van der Waals surface area (Å²) in [7, 11) is 1.30. The first-order valence-corrected chi connectivity index (χ1v) is 10.8. The third kappa shape index (κ3) is 6.69. The Labute approximate surface area is 195 Å². The van der Waals surface area contributed by atoms with Crippen LogP contribution in [0.5, 0.6) is 11.5 Å². The van der Waals surface area contributed by atoms with Crippen LogP contribution >= 0.6 is 0 Å². The number of nitrogens with zero attached hydrogens (tertiary/aromatic N) is 2. The fourth-order valence-electron chi connectivity index (χ4n) is 3.27. The molecule has 0 saturated carbocycles. The number of halogens is 2. The predicted molar refractivity (Wildman–Crippen MR) is 126 cm³/mol. The molecule has 0 unspecified atom stereocenters. The molecule has 0 saturated heterocycles. The molecule has 1 heterocycles. The second-order valence-corrected chi connectivity index (χ2v) is 7.96. The zero-order valence-electron chi connectivity index (χ0n) is 19.6. The van der Waals surface area contributed by atoms with Gasteiger partial charge in [-0.25, -0.2) is 4.79 Å². The van der Waals surface area contributed by atoms with Gasteiger partial charge in [0.2, 0.25) is 0 Å². The number of unbranched alkanes of at least 4 members (excludes halogenated alkanes) is 1. The summed E-state index contributed by atoms with van der Waals surface area (Å²) in [4.78, 5) is 41.5. The van der Waals surface area contributed by atoms with Crippen molar-refractivity contribution in [2.75, 3.05) is 24.3 Å². The lowest BCUT2D eigenvalue weighted by Crippen LogP contribution is -2.42. The average Bonchev–Trinajstić information content (AvgIpc) is 2.76. The van der Waals surface area contributed by atoms with Gasteiger partial charge in [0.05, 0.1) is 7.11 Å². The smallest absolute Gasteiger partial charge is 0.387 e. The molecule has 2 rings (SSSR count). The van der Waals surface area contributed by atoms with Crippen LogP contribution in [-0.2, 0) is 11.3 Å². The molecule has 1 aromatic carbocycles. The molecular formula is C23H30F2N4O5. The number of carbonyl (C=O) groups is 1. The molecule has 0 radical (unpaired) electrons. The van der Waals surface area contributed by atoms with Crippen LogP contribution in [0.1, 0.15) is 39.2 Å². The molecule has 3 N–H and O–H groups in total. The van der Waals surface area contributed by atoms with E-state index in [0.29, 0.717) is 18.5 Å². The van der Waals surface area contributed by atoms with E-state index >= 15 is 0 Å². The maximum atomic E-state index is 13.1. The third-order valence-corrected chi connectivity index (χ3v) is 4.86. The Kier molecular flexibility index (Phi) is 9.40. The van der Waals surface area contributed by atoms with E-state index in [-0.39, 0.29) is 35.5 Å². The Morgan fingerprint density at radius 3 is 2.56 bits per heavy atom. The van der Waals surface area contributed by atoms with Gasteiger partial charge in [0.25, 0.3) is 11.5 Å². The van der Waals surface area contributed by atoms with Gasteiger partial charge < -0.3 is 20.1 Å². The Bertz CT molecular complexity index is 1140. The predicted octanol–water partition coefficient (Wildman–Crippen LogP) is 3.23. The molecular weight excluding hydrogens is 450 g/mol. The number of alkyl halides is 2. The number of H-pyrrole nitrogens is 1. The molecule has 1 aromatic heterocycles. The van der Waals surface area contributed by atoms with Crippen LogP contribution in [0, 0.1) is 5.92 Å². The van der Waals surface area contributed by atoms with Crippen LogP contribution in [0.3, 0.4) is 0 Å². The lowest BCUT2D eigenvalue weighted by molar-refractivity contribution is -0.114. The first-order chi connectivity index (χ1) is 16.1. The van der Waals surface area contributed by atoms with E-state index in [1.54, 1.807) is 0 Å². The van der Waals surface area contributed by atoms with E-state index in [4.69, 9.17) is 10.5 Å². The van der Waals surface area contributed by atoms with Gasteiger partial charge in [-0.3, -0.25) is 19.1 Å². The summed E-state index contributed by atoms with van der Waals surface area (Å²) in [5, 5.41) is 0. The van der Waals surface area contributed by atoms with Crippen LogP contribution in [0.25, 0.3) is 6.08 Å². The SMILES string of the molecule is CCCCn1c(N)c(N(CC(C)C)C(=O)/C=C/c2ccc(OC(F)F)c(OC)c2)c(=O)[nH]c1=O. The summed E-state index contributed by atoms with van der Waals surface area (Å²) < 4.78 is 35.8. The maximum Gasteiger partial charge on any atom is 0.387 e. The number of nitrogens with two attached hydrogens (primary N) is 1. The minimum atomic E-state index is -3.01. The Morgan fingerprint density at radius 1 is 1.26 bits per heavy atom. The third-order valence-electron chi connectivity index (χ3n) is 4.86. The average molecular weight is 481 g/mol. The van der Waals surface area contributed by atoms with E-state index in [0.717, 1.165) is 6.42 Å². The van der Waals surface area contributed by atoms with Crippen molar-refractivity contribution in [2.45, 2.75) is 46.8 Å². The zero-order valence-corrected chi connectivity index (χ0v) is 19.6. The summed E-state index contributed by atoms with van der Waals surface area (Å²) in [6.45, 7) is 3.16. The summed E-state index contributed by atoms with van der Waals surface area (Å²) in [5.41, 5.74) is 5.16. The topological polar surface area (TPSA) is 120 Å². The van der Waals surface area contributed by atoms with E-state index in [1.807, 2.05) is 20.8 Å². The van der Waals surface area contributed by atoms with Crippen LogP contribution < -0.4 is 31.4 Å². The number of aromatic nitrogens is 2. The van der Waals surface area contributed by atoms with Crippen molar-refractivity contribution in [1.82, 2.24) is 9.55 Å². The number of ether oxygens (including phenoxy) is 2. The monoisotopic (exact) mass is 480 g/mol. The van der Waals surface area contributed by atoms with Crippen molar-refractivity contribution in [1.29, 1.82) is 0 Å². The van der Waals surface area contributed by atoms with Crippen molar-refractivity contribution in [2.24, 2.45) is 5.92 Å². The first kappa shape index (κ1) is 26.6. The molecule has 2 aromatic rings. The number of anilines is 2. The van der Waals surface area contributed by atoms with E-state index in [1.165, 1.54) is 46.9 Å². The van der Waals surface area contributed by atoms with Gasteiger partial charge in [-0.2, -0.15) is 8.78 Å². The highest BCUT2D eigenvalue weighted by atomic mass is 19.3. The van der Waals surface area contributed by atoms with Gasteiger partial charge >= 0.3 is 12.3 Å². The summed E-state index contributed by atoms with van der Waals surface area (Å²) in [6, 6.07) is 4.20. The van der Waals surface area contributed by atoms with Gasteiger partial charge in [0, 0.05) is 19.2 Å². The molecule has 0 atom stereocenters. The summed E-state index contributed by atoms with van der Waals surface area (Å²) in [5.74, 6) is -0.718. The molecule has 9 nitrogen and oxygen atoms in total. The van der Waals surface area contributed by atoms with E-state index in [2.05, 4.69) is 9.72 Å². The van der Waals surface area contributed by atoms with Crippen LogP contribution in [0.2, 0.25) is 0 Å². The second-order valence-electron chi connectivity index (χ2n) is 7.96. The fraction of sp³-hybridized carbons (Fsp3) is 0.435. The zero-order chi connectivity index (χ0) is 25.4. The molecule has 34 heavy (non-hydrogen) atoms. The number of benzene rings is 1. The molecule has 0 bridgehead atoms. The van der Waals surface area contributed by atoms with Crippen LogP contribution in [0.15, 0.2) is 33.9 Å². The minimum absolute atomic E-state index is 0.0157. The number of aromatic amines is 1. The first-order valence-electron chi connectivity index (χ1n) is 10.8. The van der Waals surface area contributed by atoms with E-state index in [9.17, 15) is 23.2 Å². The molecule has 0 spiro atoms. The lowest BCUT2D eigenvalue weighted by Gasteiger charge is -2.25. The molecule has 186 valence electrons.